The molecule has 0 aliphatic heterocycles. The Morgan fingerprint density at radius 2 is 1.96 bits per heavy atom. The van der Waals surface area contributed by atoms with Gasteiger partial charge in [-0.25, -0.2) is 4.98 Å². The first-order valence-corrected chi connectivity index (χ1v) is 10.1. The zero-order chi connectivity index (χ0) is 18.6. The van der Waals surface area contributed by atoms with Crippen LogP contribution in [0.5, 0.6) is 5.75 Å². The van der Waals surface area contributed by atoms with Gasteiger partial charge in [0, 0.05) is 16.1 Å². The Kier molecular flexibility index (Phi) is 5.41. The van der Waals surface area contributed by atoms with Gasteiger partial charge in [0.2, 0.25) is 5.91 Å². The number of carbonyl (C=O) groups is 1. The summed E-state index contributed by atoms with van der Waals surface area (Å²) in [6.45, 7) is 0.374. The molecule has 4 rings (SSSR count). The van der Waals surface area contributed by atoms with Crippen LogP contribution < -0.4 is 10.1 Å². The van der Waals surface area contributed by atoms with E-state index in [0.29, 0.717) is 11.6 Å². The number of benzene rings is 2. The molecule has 1 aromatic heterocycles. The molecule has 2 aromatic carbocycles. The molecule has 3 aromatic rings. The molecule has 1 aliphatic carbocycles. The number of aryl methyl sites for hydroxylation is 2. The van der Waals surface area contributed by atoms with Crippen molar-refractivity contribution in [2.75, 3.05) is 5.32 Å². The maximum atomic E-state index is 12.3. The lowest BCUT2D eigenvalue weighted by atomic mass is 10.1. The number of amides is 1. The second-order valence-electron chi connectivity index (χ2n) is 6.54. The van der Waals surface area contributed by atoms with Crippen LogP contribution in [0.25, 0.3) is 0 Å². The smallest absolute Gasteiger partial charge is 0.230 e. The second-order valence-corrected chi connectivity index (χ2v) is 7.92. The number of nitrogens with zero attached hydrogens (tertiary/aromatic N) is 1. The summed E-state index contributed by atoms with van der Waals surface area (Å²) < 4.78 is 5.69. The molecule has 4 nitrogen and oxygen atoms in total. The standard InChI is InChI=1S/C21H19ClN2O2S/c22-16-5-8-19(9-6-16)26-12-21-24-18(13-27-21)11-20(25)23-17-7-4-14-2-1-3-15(14)10-17/h4-10,13H,1-3,11-12H2,(H,23,25). The van der Waals surface area contributed by atoms with Gasteiger partial charge in [0.1, 0.15) is 17.4 Å². The van der Waals surface area contributed by atoms with E-state index in [2.05, 4.69) is 22.4 Å². The van der Waals surface area contributed by atoms with Gasteiger partial charge in [-0.05, 0) is 66.8 Å². The molecule has 0 radical (unpaired) electrons. The van der Waals surface area contributed by atoms with E-state index in [1.807, 2.05) is 23.6 Å². The predicted molar refractivity (Wildman–Crippen MR) is 109 cm³/mol. The lowest BCUT2D eigenvalue weighted by Gasteiger charge is -2.07. The van der Waals surface area contributed by atoms with Crippen LogP contribution in [0.3, 0.4) is 0 Å². The van der Waals surface area contributed by atoms with Gasteiger partial charge in [-0.2, -0.15) is 0 Å². The largest absolute Gasteiger partial charge is 0.486 e. The lowest BCUT2D eigenvalue weighted by Crippen LogP contribution is -2.14. The predicted octanol–water partition coefficient (Wildman–Crippen LogP) is 5.05. The van der Waals surface area contributed by atoms with Crippen molar-refractivity contribution >= 4 is 34.5 Å². The molecule has 27 heavy (non-hydrogen) atoms. The van der Waals surface area contributed by atoms with E-state index in [9.17, 15) is 4.79 Å². The molecule has 0 spiro atoms. The summed E-state index contributed by atoms with van der Waals surface area (Å²) in [5.74, 6) is 0.689. The topological polar surface area (TPSA) is 51.2 Å². The van der Waals surface area contributed by atoms with Crippen molar-refractivity contribution in [3.63, 3.8) is 0 Å². The normalized spacial score (nSPS) is 12.6. The zero-order valence-corrected chi connectivity index (χ0v) is 16.3. The minimum absolute atomic E-state index is 0.0524. The van der Waals surface area contributed by atoms with Crippen molar-refractivity contribution < 1.29 is 9.53 Å². The Hall–Kier alpha value is -2.37. The highest BCUT2D eigenvalue weighted by Gasteiger charge is 2.13. The fourth-order valence-electron chi connectivity index (χ4n) is 3.19. The van der Waals surface area contributed by atoms with Crippen LogP contribution in [0.15, 0.2) is 47.8 Å². The summed E-state index contributed by atoms with van der Waals surface area (Å²) in [6.07, 6.45) is 3.70. The third kappa shape index (κ3) is 4.67. The fraction of sp³-hybridized carbons (Fsp3) is 0.238. The third-order valence-corrected chi connectivity index (χ3v) is 5.62. The number of ether oxygens (including phenoxy) is 1. The highest BCUT2D eigenvalue weighted by molar-refractivity contribution is 7.09. The van der Waals surface area contributed by atoms with Crippen LogP contribution in [0.2, 0.25) is 5.02 Å². The Bertz CT molecular complexity index is 953. The van der Waals surface area contributed by atoms with Crippen LogP contribution >= 0.6 is 22.9 Å². The minimum atomic E-state index is -0.0524. The number of hydrogen-bond donors (Lipinski definition) is 1. The molecule has 0 unspecified atom stereocenters. The first kappa shape index (κ1) is 18.0. The van der Waals surface area contributed by atoms with E-state index in [0.717, 1.165) is 35.0 Å². The molecule has 1 N–H and O–H groups in total. The zero-order valence-electron chi connectivity index (χ0n) is 14.7. The SMILES string of the molecule is O=C(Cc1csc(COc2ccc(Cl)cc2)n1)Nc1ccc2c(c1)CCC2. The van der Waals surface area contributed by atoms with Gasteiger partial charge >= 0.3 is 0 Å². The van der Waals surface area contributed by atoms with Crippen LogP contribution in [0.1, 0.15) is 28.2 Å². The summed E-state index contributed by atoms with van der Waals surface area (Å²) >= 11 is 7.36. The summed E-state index contributed by atoms with van der Waals surface area (Å²) in [6, 6.07) is 13.4. The van der Waals surface area contributed by atoms with E-state index in [1.165, 1.54) is 28.9 Å². The van der Waals surface area contributed by atoms with E-state index in [1.54, 1.807) is 12.1 Å². The lowest BCUT2D eigenvalue weighted by molar-refractivity contribution is -0.115. The molecular weight excluding hydrogens is 380 g/mol. The average Bonchev–Trinajstić information content (AvgIpc) is 3.30. The van der Waals surface area contributed by atoms with Gasteiger partial charge in [0.05, 0.1) is 12.1 Å². The molecule has 0 saturated heterocycles. The summed E-state index contributed by atoms with van der Waals surface area (Å²) in [5, 5.41) is 6.39. The quantitative estimate of drug-likeness (QED) is 0.632. The molecule has 0 atom stereocenters. The summed E-state index contributed by atoms with van der Waals surface area (Å²) in [4.78, 5) is 16.8. The van der Waals surface area contributed by atoms with Crippen molar-refractivity contribution in [2.45, 2.75) is 32.3 Å². The number of carbonyl (C=O) groups excluding carboxylic acids is 1. The molecule has 6 heteroatoms. The number of thiazole rings is 1. The molecule has 0 saturated carbocycles. The Labute approximate surface area is 167 Å². The number of fused-ring (bicyclic) bond motifs is 1. The van der Waals surface area contributed by atoms with Crippen LogP contribution in [0, 0.1) is 0 Å². The Morgan fingerprint density at radius 1 is 1.15 bits per heavy atom. The second kappa shape index (κ2) is 8.11. The van der Waals surface area contributed by atoms with Crippen molar-refractivity contribution in [1.29, 1.82) is 0 Å². The maximum Gasteiger partial charge on any atom is 0.230 e. The molecular formula is C21H19ClN2O2S. The monoisotopic (exact) mass is 398 g/mol. The number of aromatic nitrogens is 1. The van der Waals surface area contributed by atoms with Gasteiger partial charge in [-0.1, -0.05) is 17.7 Å². The minimum Gasteiger partial charge on any atom is -0.486 e. The maximum absolute atomic E-state index is 12.3. The van der Waals surface area contributed by atoms with Gasteiger partial charge in [0.25, 0.3) is 0 Å². The Balaban J connectivity index is 1.30. The van der Waals surface area contributed by atoms with E-state index in [4.69, 9.17) is 16.3 Å². The molecule has 0 fully saturated rings. The molecule has 1 heterocycles. The van der Waals surface area contributed by atoms with Crippen LogP contribution in [-0.4, -0.2) is 10.9 Å². The van der Waals surface area contributed by atoms with E-state index < -0.39 is 0 Å². The molecule has 138 valence electrons. The number of rotatable bonds is 6. The summed E-state index contributed by atoms with van der Waals surface area (Å²) in [7, 11) is 0. The van der Waals surface area contributed by atoms with E-state index >= 15 is 0 Å². The van der Waals surface area contributed by atoms with Crippen LogP contribution in [0.4, 0.5) is 5.69 Å². The van der Waals surface area contributed by atoms with Gasteiger partial charge < -0.3 is 10.1 Å². The highest BCUT2D eigenvalue weighted by atomic mass is 35.5. The Morgan fingerprint density at radius 3 is 2.81 bits per heavy atom. The first-order valence-electron chi connectivity index (χ1n) is 8.89. The van der Waals surface area contributed by atoms with Crippen molar-refractivity contribution in [1.82, 2.24) is 4.98 Å². The molecule has 0 bridgehead atoms. The summed E-state index contributed by atoms with van der Waals surface area (Å²) in [5.41, 5.74) is 4.37. The van der Waals surface area contributed by atoms with E-state index in [-0.39, 0.29) is 12.3 Å². The molecule has 1 aliphatic rings. The third-order valence-electron chi connectivity index (χ3n) is 4.50. The fourth-order valence-corrected chi connectivity index (χ4v) is 4.02. The van der Waals surface area contributed by atoms with Gasteiger partial charge in [0.15, 0.2) is 0 Å². The van der Waals surface area contributed by atoms with Crippen molar-refractivity contribution in [3.05, 3.63) is 74.7 Å². The molecule has 1 amide bonds. The van der Waals surface area contributed by atoms with Gasteiger partial charge in [-0.3, -0.25) is 4.79 Å². The first-order chi connectivity index (χ1) is 13.2. The number of nitrogens with one attached hydrogen (secondary N) is 1. The van der Waals surface area contributed by atoms with Crippen molar-refractivity contribution in [3.8, 4) is 5.75 Å². The number of halogens is 1. The number of hydrogen-bond acceptors (Lipinski definition) is 4. The highest BCUT2D eigenvalue weighted by Crippen LogP contribution is 2.25. The number of anilines is 1. The van der Waals surface area contributed by atoms with Gasteiger partial charge in [-0.15, -0.1) is 11.3 Å². The van der Waals surface area contributed by atoms with Crippen LogP contribution in [-0.2, 0) is 30.7 Å². The van der Waals surface area contributed by atoms with Crippen molar-refractivity contribution in [2.24, 2.45) is 0 Å². The average molecular weight is 399 g/mol.